The van der Waals surface area contributed by atoms with Crippen molar-refractivity contribution >= 4 is 5.91 Å². The van der Waals surface area contributed by atoms with Gasteiger partial charge in [-0.1, -0.05) is 47.6 Å². The lowest BCUT2D eigenvalue weighted by Crippen LogP contribution is -2.40. The number of rotatable bonds is 8. The predicted octanol–water partition coefficient (Wildman–Crippen LogP) is 3.88. The van der Waals surface area contributed by atoms with Crippen molar-refractivity contribution in [3.8, 4) is 5.75 Å². The van der Waals surface area contributed by atoms with Gasteiger partial charge in [0.1, 0.15) is 12.4 Å². The third-order valence-corrected chi connectivity index (χ3v) is 5.39. The smallest absolute Gasteiger partial charge is 0.260 e. The van der Waals surface area contributed by atoms with Gasteiger partial charge in [0, 0.05) is 19.0 Å². The topological polar surface area (TPSA) is 77.7 Å². The number of hydrogen-bond acceptors (Lipinski definition) is 6. The fraction of sp³-hybridized carbons (Fsp3) is 0.375. The number of piperidine rings is 1. The van der Waals surface area contributed by atoms with Crippen molar-refractivity contribution in [1.82, 2.24) is 15.0 Å². The van der Waals surface area contributed by atoms with Crippen molar-refractivity contribution in [3.05, 3.63) is 77.4 Å². The van der Waals surface area contributed by atoms with Gasteiger partial charge < -0.3 is 18.9 Å². The molecule has 0 unspecified atom stereocenters. The van der Waals surface area contributed by atoms with Gasteiger partial charge >= 0.3 is 0 Å². The van der Waals surface area contributed by atoms with Crippen molar-refractivity contribution in [2.24, 2.45) is 0 Å². The van der Waals surface area contributed by atoms with E-state index in [0.29, 0.717) is 31.4 Å². The number of likely N-dealkylation sites (tertiary alicyclic amines) is 1. The quantitative estimate of drug-likeness (QED) is 0.549. The first kappa shape index (κ1) is 21.1. The van der Waals surface area contributed by atoms with Crippen LogP contribution in [0.4, 0.5) is 0 Å². The van der Waals surface area contributed by atoms with E-state index in [1.165, 1.54) is 0 Å². The standard InChI is InChI=1S/C24H27N3O4/c1-18-6-5-9-21(14-18)30-17-23(28)27-12-10-20(11-13-27)24-25-22(31-26-24)16-29-15-19-7-3-2-4-8-19/h2-9,14,20H,10-13,15-17H2,1H3. The second-order valence-corrected chi connectivity index (χ2v) is 7.78. The summed E-state index contributed by atoms with van der Waals surface area (Å²) in [7, 11) is 0. The summed E-state index contributed by atoms with van der Waals surface area (Å²) in [5.74, 6) is 2.09. The highest BCUT2D eigenvalue weighted by molar-refractivity contribution is 5.77. The Hall–Kier alpha value is -3.19. The lowest BCUT2D eigenvalue weighted by atomic mass is 9.96. The Labute approximate surface area is 182 Å². The highest BCUT2D eigenvalue weighted by Crippen LogP contribution is 2.26. The molecule has 0 bridgehead atoms. The molecule has 162 valence electrons. The van der Waals surface area contributed by atoms with E-state index in [4.69, 9.17) is 14.0 Å². The Morgan fingerprint density at radius 2 is 1.90 bits per heavy atom. The average Bonchev–Trinajstić information content (AvgIpc) is 3.27. The van der Waals surface area contributed by atoms with E-state index in [1.54, 1.807) is 0 Å². The van der Waals surface area contributed by atoms with Crippen LogP contribution < -0.4 is 4.74 Å². The zero-order valence-electron chi connectivity index (χ0n) is 17.7. The number of carbonyl (C=O) groups excluding carboxylic acids is 1. The van der Waals surface area contributed by atoms with Gasteiger partial charge in [0.25, 0.3) is 11.8 Å². The first-order chi connectivity index (χ1) is 15.2. The highest BCUT2D eigenvalue weighted by Gasteiger charge is 2.27. The van der Waals surface area contributed by atoms with Crippen LogP contribution in [0.2, 0.25) is 0 Å². The van der Waals surface area contributed by atoms with Gasteiger partial charge in [-0.25, -0.2) is 0 Å². The number of nitrogens with zero attached hydrogens (tertiary/aromatic N) is 3. The van der Waals surface area contributed by atoms with E-state index < -0.39 is 0 Å². The molecule has 7 nitrogen and oxygen atoms in total. The minimum atomic E-state index is 0.00284. The molecule has 4 rings (SSSR count). The van der Waals surface area contributed by atoms with Gasteiger partial charge in [0.2, 0.25) is 0 Å². The molecule has 0 aliphatic carbocycles. The fourth-order valence-corrected chi connectivity index (χ4v) is 3.65. The lowest BCUT2D eigenvalue weighted by molar-refractivity contribution is -0.134. The van der Waals surface area contributed by atoms with Gasteiger partial charge in [-0.3, -0.25) is 4.79 Å². The molecular weight excluding hydrogens is 394 g/mol. The molecule has 2 heterocycles. The second kappa shape index (κ2) is 10.2. The van der Waals surface area contributed by atoms with E-state index in [9.17, 15) is 4.79 Å². The van der Waals surface area contributed by atoms with Gasteiger partial charge in [-0.2, -0.15) is 4.98 Å². The van der Waals surface area contributed by atoms with Crippen molar-refractivity contribution in [2.75, 3.05) is 19.7 Å². The van der Waals surface area contributed by atoms with Crippen LogP contribution in [0.3, 0.4) is 0 Å². The SMILES string of the molecule is Cc1cccc(OCC(=O)N2CCC(c3noc(COCc4ccccc4)n3)CC2)c1. The summed E-state index contributed by atoms with van der Waals surface area (Å²) in [6, 6.07) is 17.7. The molecule has 0 radical (unpaired) electrons. The van der Waals surface area contributed by atoms with Crippen molar-refractivity contribution in [3.63, 3.8) is 0 Å². The second-order valence-electron chi connectivity index (χ2n) is 7.78. The zero-order chi connectivity index (χ0) is 21.5. The number of benzene rings is 2. The Bertz CT molecular complexity index is 981. The maximum atomic E-state index is 12.5. The highest BCUT2D eigenvalue weighted by atomic mass is 16.5. The summed E-state index contributed by atoms with van der Waals surface area (Å²) in [6.07, 6.45) is 1.61. The van der Waals surface area contributed by atoms with Crippen LogP contribution in [-0.2, 0) is 22.7 Å². The number of hydrogen-bond donors (Lipinski definition) is 0. The van der Waals surface area contributed by atoms with Crippen LogP contribution in [0.5, 0.6) is 5.75 Å². The Morgan fingerprint density at radius 1 is 1.10 bits per heavy atom. The molecule has 1 saturated heterocycles. The molecule has 1 fully saturated rings. The first-order valence-corrected chi connectivity index (χ1v) is 10.6. The summed E-state index contributed by atoms with van der Waals surface area (Å²) in [5.41, 5.74) is 2.21. The number of ether oxygens (including phenoxy) is 2. The van der Waals surface area contributed by atoms with E-state index in [2.05, 4.69) is 10.1 Å². The van der Waals surface area contributed by atoms with Crippen LogP contribution in [-0.4, -0.2) is 40.6 Å². The Balaban J connectivity index is 1.20. The van der Waals surface area contributed by atoms with E-state index in [0.717, 1.165) is 29.7 Å². The monoisotopic (exact) mass is 421 g/mol. The summed E-state index contributed by atoms with van der Waals surface area (Å²) in [6.45, 7) is 4.17. The molecule has 3 aromatic rings. The minimum Gasteiger partial charge on any atom is -0.484 e. The average molecular weight is 421 g/mol. The molecule has 31 heavy (non-hydrogen) atoms. The van der Waals surface area contributed by atoms with Gasteiger partial charge in [-0.15, -0.1) is 0 Å². The zero-order valence-corrected chi connectivity index (χ0v) is 17.7. The lowest BCUT2D eigenvalue weighted by Gasteiger charge is -2.30. The Morgan fingerprint density at radius 3 is 2.68 bits per heavy atom. The van der Waals surface area contributed by atoms with E-state index in [-0.39, 0.29) is 25.0 Å². The maximum absolute atomic E-state index is 12.5. The fourth-order valence-electron chi connectivity index (χ4n) is 3.65. The van der Waals surface area contributed by atoms with Crippen molar-refractivity contribution in [1.29, 1.82) is 0 Å². The normalized spacial score (nSPS) is 14.5. The van der Waals surface area contributed by atoms with Gasteiger partial charge in [0.05, 0.1) is 6.61 Å². The molecule has 2 aromatic carbocycles. The van der Waals surface area contributed by atoms with Crippen LogP contribution in [0.15, 0.2) is 59.1 Å². The first-order valence-electron chi connectivity index (χ1n) is 10.6. The summed E-state index contributed by atoms with van der Waals surface area (Å²) in [5, 5.41) is 4.13. The molecule has 0 N–H and O–H groups in total. The maximum Gasteiger partial charge on any atom is 0.260 e. The van der Waals surface area contributed by atoms with Crippen LogP contribution >= 0.6 is 0 Å². The molecular formula is C24H27N3O4. The van der Waals surface area contributed by atoms with Crippen LogP contribution in [0, 0.1) is 6.92 Å². The van der Waals surface area contributed by atoms with Crippen LogP contribution in [0.1, 0.15) is 41.6 Å². The molecule has 0 saturated carbocycles. The Kier molecular flexibility index (Phi) is 6.94. The van der Waals surface area contributed by atoms with E-state index in [1.807, 2.05) is 66.4 Å². The molecule has 1 aliphatic heterocycles. The molecule has 7 heteroatoms. The number of carbonyl (C=O) groups is 1. The van der Waals surface area contributed by atoms with Gasteiger partial charge in [0.15, 0.2) is 12.4 Å². The number of aromatic nitrogens is 2. The molecule has 0 spiro atoms. The molecule has 1 aliphatic rings. The molecule has 1 aromatic heterocycles. The van der Waals surface area contributed by atoms with Crippen molar-refractivity contribution < 1.29 is 18.8 Å². The molecule has 0 atom stereocenters. The predicted molar refractivity (Wildman–Crippen MR) is 114 cm³/mol. The van der Waals surface area contributed by atoms with Crippen LogP contribution in [0.25, 0.3) is 0 Å². The largest absolute Gasteiger partial charge is 0.484 e. The number of aryl methyl sites for hydroxylation is 1. The number of amides is 1. The summed E-state index contributed by atoms with van der Waals surface area (Å²) >= 11 is 0. The summed E-state index contributed by atoms with van der Waals surface area (Å²) < 4.78 is 16.6. The minimum absolute atomic E-state index is 0.00284. The third-order valence-electron chi connectivity index (χ3n) is 5.39. The van der Waals surface area contributed by atoms with E-state index >= 15 is 0 Å². The summed E-state index contributed by atoms with van der Waals surface area (Å²) in [4.78, 5) is 18.8. The molecule has 1 amide bonds. The third kappa shape index (κ3) is 5.92. The van der Waals surface area contributed by atoms with Gasteiger partial charge in [-0.05, 0) is 43.0 Å². The van der Waals surface area contributed by atoms with Crippen molar-refractivity contribution in [2.45, 2.75) is 38.9 Å².